The lowest BCUT2D eigenvalue weighted by atomic mass is 9.91. The molecule has 0 bridgehead atoms. The Hall–Kier alpha value is -3.19. The monoisotopic (exact) mass is 498 g/mol. The van der Waals surface area contributed by atoms with Gasteiger partial charge in [0.2, 0.25) is 5.91 Å². The van der Waals surface area contributed by atoms with Gasteiger partial charge in [-0.15, -0.1) is 0 Å². The molecule has 2 atom stereocenters. The first-order chi connectivity index (χ1) is 15.5. The second kappa shape index (κ2) is 11.3. The van der Waals surface area contributed by atoms with Crippen molar-refractivity contribution in [2.24, 2.45) is 5.73 Å². The average Bonchev–Trinajstić information content (AvgIpc) is 2.74. The number of aliphatic carboxylic acids is 1. The van der Waals surface area contributed by atoms with Crippen LogP contribution in [0.2, 0.25) is 0 Å². The van der Waals surface area contributed by atoms with E-state index in [-0.39, 0.29) is 17.7 Å². The molecule has 0 aliphatic heterocycles. The molecule has 2 rings (SSSR count). The summed E-state index contributed by atoms with van der Waals surface area (Å²) in [6.45, 7) is 1.33. The van der Waals surface area contributed by atoms with E-state index in [0.717, 1.165) is 24.3 Å². The van der Waals surface area contributed by atoms with Crippen molar-refractivity contribution in [3.8, 4) is 0 Å². The summed E-state index contributed by atoms with van der Waals surface area (Å²) in [5.41, 5.74) is 4.11. The Morgan fingerprint density at radius 1 is 1.00 bits per heavy atom. The third kappa shape index (κ3) is 7.99. The Morgan fingerprint density at radius 3 is 1.88 bits per heavy atom. The summed E-state index contributed by atoms with van der Waals surface area (Å²) in [5.74, 6) is -3.86. The number of alkyl halides is 6. The molecule has 0 radical (unpaired) electrons. The molecule has 188 valence electrons. The van der Waals surface area contributed by atoms with E-state index in [0.29, 0.717) is 0 Å². The molecule has 13 heteroatoms. The van der Waals surface area contributed by atoms with Gasteiger partial charge < -0.3 is 20.9 Å². The Balaban J connectivity index is 0.000000718. The summed E-state index contributed by atoms with van der Waals surface area (Å²) in [6.07, 6.45) is -10.3. The molecule has 2 aromatic rings. The van der Waals surface area contributed by atoms with Gasteiger partial charge in [0.15, 0.2) is 0 Å². The van der Waals surface area contributed by atoms with Crippen LogP contribution in [0, 0.1) is 5.82 Å². The van der Waals surface area contributed by atoms with Gasteiger partial charge in [-0.1, -0.05) is 30.3 Å². The number of carbonyl (C=O) groups excluding carboxylic acids is 1. The molecule has 0 spiro atoms. The highest BCUT2D eigenvalue weighted by Crippen LogP contribution is 2.30. The van der Waals surface area contributed by atoms with E-state index in [1.807, 2.05) is 0 Å². The Labute approximate surface area is 189 Å². The van der Waals surface area contributed by atoms with Crippen LogP contribution >= 0.6 is 0 Å². The van der Waals surface area contributed by atoms with E-state index in [4.69, 9.17) is 20.4 Å². The minimum Gasteiger partial charge on any atom is -0.475 e. The zero-order valence-electron chi connectivity index (χ0n) is 17.8. The van der Waals surface area contributed by atoms with Crippen LogP contribution in [0.5, 0.6) is 0 Å². The zero-order chi connectivity index (χ0) is 26.3. The first-order valence-corrected chi connectivity index (χ1v) is 9.34. The van der Waals surface area contributed by atoms with Crippen LogP contribution in [0.25, 0.3) is 0 Å². The molecule has 0 saturated heterocycles. The van der Waals surface area contributed by atoms with Crippen LogP contribution in [0.1, 0.15) is 29.7 Å². The molecule has 2 unspecified atom stereocenters. The van der Waals surface area contributed by atoms with Gasteiger partial charge in [-0.05, 0) is 30.7 Å². The second-order valence-electron chi connectivity index (χ2n) is 7.04. The summed E-state index contributed by atoms with van der Waals surface area (Å²) in [4.78, 5) is 21.4. The highest BCUT2D eigenvalue weighted by Gasteiger charge is 2.38. The Morgan fingerprint density at radius 2 is 1.47 bits per heavy atom. The lowest BCUT2D eigenvalue weighted by molar-refractivity contribution is -0.192. The molecule has 4 N–H and O–H groups in total. The van der Waals surface area contributed by atoms with Crippen LogP contribution in [0.15, 0.2) is 48.5 Å². The van der Waals surface area contributed by atoms with Crippen LogP contribution in [0.4, 0.5) is 30.7 Å². The van der Waals surface area contributed by atoms with Gasteiger partial charge in [0.25, 0.3) is 0 Å². The smallest absolute Gasteiger partial charge is 0.475 e. The van der Waals surface area contributed by atoms with Crippen molar-refractivity contribution in [1.29, 1.82) is 0 Å². The number of hydrogen-bond acceptors (Lipinski definition) is 4. The molecule has 6 nitrogen and oxygen atoms in total. The number of benzene rings is 2. The molecule has 0 aliphatic rings. The van der Waals surface area contributed by atoms with Gasteiger partial charge >= 0.3 is 18.3 Å². The van der Waals surface area contributed by atoms with Crippen LogP contribution in [-0.4, -0.2) is 36.8 Å². The van der Waals surface area contributed by atoms with Gasteiger partial charge in [-0.25, -0.2) is 9.18 Å². The molecular weight excluding hydrogens is 477 g/mol. The van der Waals surface area contributed by atoms with Crippen LogP contribution in [-0.2, 0) is 26.0 Å². The Bertz CT molecular complexity index is 974. The molecule has 2 aromatic carbocycles. The summed E-state index contributed by atoms with van der Waals surface area (Å²) in [7, 11) is 1.38. The average molecular weight is 498 g/mol. The highest BCUT2D eigenvalue weighted by molar-refractivity contribution is 5.87. The largest absolute Gasteiger partial charge is 0.490 e. The van der Waals surface area contributed by atoms with Gasteiger partial charge in [0, 0.05) is 19.2 Å². The Kier molecular flexibility index (Phi) is 9.58. The number of amides is 1. The fourth-order valence-corrected chi connectivity index (χ4v) is 2.56. The lowest BCUT2D eigenvalue weighted by Crippen LogP contribution is -2.50. The number of rotatable bonds is 6. The standard InChI is InChI=1S/C19H20F4N2O2.C2HF3O2/c1-18(24,12-7-9-13(10-8-12)19(21,22)23)17(26)25-11-16(27-2)14-5-3-4-6-15(14)20;3-2(4,5)1(6)7/h3-10,16H,11,24H2,1-2H3,(H,25,26);(H,6,7). The van der Waals surface area contributed by atoms with E-state index in [9.17, 15) is 35.5 Å². The van der Waals surface area contributed by atoms with E-state index < -0.39 is 47.3 Å². The van der Waals surface area contributed by atoms with Crippen molar-refractivity contribution in [3.63, 3.8) is 0 Å². The third-order valence-electron chi connectivity index (χ3n) is 4.51. The number of halogens is 7. The molecule has 0 aliphatic carbocycles. The maximum Gasteiger partial charge on any atom is 0.490 e. The predicted octanol–water partition coefficient (Wildman–Crippen LogP) is 4.16. The summed E-state index contributed by atoms with van der Waals surface area (Å²) in [6, 6.07) is 10.0. The number of hydrogen-bond donors (Lipinski definition) is 3. The quantitative estimate of drug-likeness (QED) is 0.520. The van der Waals surface area contributed by atoms with E-state index in [1.165, 1.54) is 32.2 Å². The fourth-order valence-electron chi connectivity index (χ4n) is 2.56. The number of nitrogens with two attached hydrogens (primary N) is 1. The maximum atomic E-state index is 13.9. The number of carboxylic acids is 1. The van der Waals surface area contributed by atoms with Crippen molar-refractivity contribution < 1.29 is 50.2 Å². The molecule has 0 saturated carbocycles. The van der Waals surface area contributed by atoms with Crippen LogP contribution in [0.3, 0.4) is 0 Å². The second-order valence-corrected chi connectivity index (χ2v) is 7.04. The van der Waals surface area contributed by atoms with Crippen molar-refractivity contribution in [2.45, 2.75) is 30.9 Å². The maximum absolute atomic E-state index is 13.9. The molecular formula is C21H21F7N2O4. The normalized spacial score (nSPS) is 14.3. The zero-order valence-corrected chi connectivity index (χ0v) is 17.8. The summed E-state index contributed by atoms with van der Waals surface area (Å²) >= 11 is 0. The number of methoxy groups -OCH3 is 1. The minimum absolute atomic E-state index is 0.0519. The number of nitrogens with one attached hydrogen (secondary N) is 1. The SMILES string of the molecule is COC(CNC(=O)C(C)(N)c1ccc(C(F)(F)F)cc1)c1ccccc1F.O=C(O)C(F)(F)F. The first-order valence-electron chi connectivity index (χ1n) is 9.34. The summed E-state index contributed by atoms with van der Waals surface area (Å²) in [5, 5.41) is 9.69. The van der Waals surface area contributed by atoms with E-state index in [2.05, 4.69) is 5.32 Å². The number of ether oxygens (including phenoxy) is 1. The van der Waals surface area contributed by atoms with Gasteiger partial charge in [0.05, 0.1) is 5.56 Å². The topological polar surface area (TPSA) is 102 Å². The highest BCUT2D eigenvalue weighted by atomic mass is 19.4. The van der Waals surface area contributed by atoms with Gasteiger partial charge in [-0.3, -0.25) is 4.79 Å². The van der Waals surface area contributed by atoms with Crippen LogP contribution < -0.4 is 11.1 Å². The molecule has 34 heavy (non-hydrogen) atoms. The van der Waals surface area contributed by atoms with E-state index >= 15 is 0 Å². The van der Waals surface area contributed by atoms with Gasteiger partial charge in [-0.2, -0.15) is 26.3 Å². The van der Waals surface area contributed by atoms with Gasteiger partial charge in [0.1, 0.15) is 17.5 Å². The first kappa shape index (κ1) is 28.8. The van der Waals surface area contributed by atoms with E-state index in [1.54, 1.807) is 6.07 Å². The fraction of sp³-hybridized carbons (Fsp3) is 0.333. The molecule has 0 aromatic heterocycles. The van der Waals surface area contributed by atoms with Crippen molar-refractivity contribution >= 4 is 11.9 Å². The number of carbonyl (C=O) groups is 2. The van der Waals surface area contributed by atoms with Crippen molar-refractivity contribution in [2.75, 3.05) is 13.7 Å². The molecule has 1 amide bonds. The molecule has 0 heterocycles. The minimum atomic E-state index is -5.08. The molecule has 0 fully saturated rings. The number of carboxylic acid groups (broad SMARTS) is 1. The lowest BCUT2D eigenvalue weighted by Gasteiger charge is -2.26. The van der Waals surface area contributed by atoms with Crippen molar-refractivity contribution in [1.82, 2.24) is 5.32 Å². The third-order valence-corrected chi connectivity index (χ3v) is 4.51. The van der Waals surface area contributed by atoms with Crippen molar-refractivity contribution in [3.05, 3.63) is 71.0 Å². The predicted molar refractivity (Wildman–Crippen MR) is 106 cm³/mol. The summed E-state index contributed by atoms with van der Waals surface area (Å²) < 4.78 is 88.8.